The van der Waals surface area contributed by atoms with Gasteiger partial charge in [0.05, 0.1) is 24.0 Å². The van der Waals surface area contributed by atoms with Crippen LogP contribution in [0.25, 0.3) is 0 Å². The van der Waals surface area contributed by atoms with E-state index < -0.39 is 5.91 Å². The van der Waals surface area contributed by atoms with E-state index in [1.165, 1.54) is 18.4 Å². The zero-order chi connectivity index (χ0) is 21.5. The Balaban J connectivity index is 1.37. The number of nitrogens with two attached hydrogens (primary N) is 1. The zero-order valence-corrected chi connectivity index (χ0v) is 18.0. The lowest BCUT2D eigenvalue weighted by Gasteiger charge is -2.49. The van der Waals surface area contributed by atoms with Crippen LogP contribution in [0.5, 0.6) is 0 Å². The van der Waals surface area contributed by atoms with Crippen LogP contribution in [0.2, 0.25) is 0 Å². The van der Waals surface area contributed by atoms with Crippen LogP contribution >= 0.6 is 0 Å². The molecule has 0 radical (unpaired) electrons. The molecule has 1 aromatic carbocycles. The minimum Gasteiger partial charge on any atom is -0.364 e. The first kappa shape index (κ1) is 20.0. The van der Waals surface area contributed by atoms with Crippen molar-refractivity contribution in [2.45, 2.75) is 63.5 Å². The van der Waals surface area contributed by atoms with Crippen LogP contribution in [-0.2, 0) is 0 Å². The average Bonchev–Trinajstić information content (AvgIpc) is 3.63. The Morgan fingerprint density at radius 1 is 1.00 bits per heavy atom. The molecule has 3 fully saturated rings. The van der Waals surface area contributed by atoms with Crippen LogP contribution in [0.3, 0.4) is 0 Å². The van der Waals surface area contributed by atoms with Gasteiger partial charge in [-0.05, 0) is 69.1 Å². The third kappa shape index (κ3) is 3.77. The first-order chi connectivity index (χ1) is 15.0. The lowest BCUT2D eigenvalue weighted by atomic mass is 9.87. The summed E-state index contributed by atoms with van der Waals surface area (Å²) in [6.07, 6.45) is 8.15. The molecule has 3 heterocycles. The van der Waals surface area contributed by atoms with Crippen LogP contribution in [0.15, 0.2) is 30.5 Å². The summed E-state index contributed by atoms with van der Waals surface area (Å²) >= 11 is 0. The van der Waals surface area contributed by atoms with Gasteiger partial charge in [-0.25, -0.2) is 9.97 Å². The molecule has 2 aliphatic heterocycles. The number of aryl methyl sites for hydroxylation is 1. The first-order valence-electron chi connectivity index (χ1n) is 11.3. The lowest BCUT2D eigenvalue weighted by molar-refractivity contribution is 0.0524. The minimum atomic E-state index is -0.560. The number of piperidine rings is 2. The van der Waals surface area contributed by atoms with E-state index in [1.807, 2.05) is 12.1 Å². The highest BCUT2D eigenvalue weighted by Gasteiger charge is 2.40. The number of rotatable bonds is 4. The Morgan fingerprint density at radius 3 is 2.39 bits per heavy atom. The Kier molecular flexibility index (Phi) is 5.12. The van der Waals surface area contributed by atoms with Gasteiger partial charge in [0, 0.05) is 18.7 Å². The number of hydrogen-bond donors (Lipinski definition) is 1. The minimum absolute atomic E-state index is 0.130. The zero-order valence-electron chi connectivity index (χ0n) is 18.0. The molecule has 3 aliphatic rings. The van der Waals surface area contributed by atoms with Crippen molar-refractivity contribution in [1.82, 2.24) is 14.9 Å². The second-order valence-corrected chi connectivity index (χ2v) is 9.03. The van der Waals surface area contributed by atoms with E-state index in [4.69, 9.17) is 5.73 Å². The van der Waals surface area contributed by atoms with E-state index >= 15 is 0 Å². The summed E-state index contributed by atoms with van der Waals surface area (Å²) in [4.78, 5) is 38.1. The molecule has 1 aliphatic carbocycles. The van der Waals surface area contributed by atoms with Crippen molar-refractivity contribution in [1.29, 1.82) is 0 Å². The molecule has 2 unspecified atom stereocenters. The molecule has 162 valence electrons. The summed E-state index contributed by atoms with van der Waals surface area (Å²) in [5.41, 5.74) is 8.28. The molecule has 1 saturated carbocycles. The Labute approximate surface area is 182 Å². The number of aromatic nitrogens is 2. The highest BCUT2D eigenvalue weighted by molar-refractivity contribution is 5.94. The maximum atomic E-state index is 13.4. The highest BCUT2D eigenvalue weighted by atomic mass is 16.2. The number of likely N-dealkylation sites (tertiary alicyclic amines) is 1. The van der Waals surface area contributed by atoms with Crippen LogP contribution < -0.4 is 10.6 Å². The number of primary amides is 1. The Hall–Kier alpha value is -2.96. The predicted molar refractivity (Wildman–Crippen MR) is 118 cm³/mol. The number of fused-ring (bicyclic) bond motifs is 1. The smallest absolute Gasteiger partial charge is 0.269 e. The molecule has 2 saturated heterocycles. The fourth-order valence-corrected chi connectivity index (χ4v) is 5.25. The molecular formula is C24H29N5O2. The molecule has 2 aromatic rings. The average molecular weight is 420 g/mol. The molecule has 1 aromatic heterocycles. The number of benzene rings is 1. The van der Waals surface area contributed by atoms with Gasteiger partial charge in [0.1, 0.15) is 11.5 Å². The molecule has 5 rings (SSSR count). The Bertz CT molecular complexity index is 1000. The molecule has 2 N–H and O–H groups in total. The fraction of sp³-hybridized carbons (Fsp3) is 0.500. The third-order valence-electron chi connectivity index (χ3n) is 6.97. The number of anilines is 1. The van der Waals surface area contributed by atoms with Crippen LogP contribution in [0.4, 0.5) is 5.82 Å². The molecular weight excluding hydrogens is 390 g/mol. The van der Waals surface area contributed by atoms with Gasteiger partial charge in [-0.15, -0.1) is 0 Å². The topological polar surface area (TPSA) is 92.4 Å². The quantitative estimate of drug-likeness (QED) is 0.822. The van der Waals surface area contributed by atoms with Crippen LogP contribution in [0.1, 0.15) is 76.5 Å². The van der Waals surface area contributed by atoms with E-state index in [-0.39, 0.29) is 23.7 Å². The van der Waals surface area contributed by atoms with Gasteiger partial charge >= 0.3 is 0 Å². The number of nitrogens with zero attached hydrogens (tertiary/aromatic N) is 4. The van der Waals surface area contributed by atoms with Crippen molar-refractivity contribution >= 4 is 17.6 Å². The number of carbonyl (C=O) groups excluding carboxylic acids is 2. The number of hydrogen-bond acceptors (Lipinski definition) is 5. The molecule has 7 nitrogen and oxygen atoms in total. The monoisotopic (exact) mass is 419 g/mol. The van der Waals surface area contributed by atoms with E-state index in [1.54, 1.807) is 13.1 Å². The number of carbonyl (C=O) groups is 2. The van der Waals surface area contributed by atoms with Crippen molar-refractivity contribution in [3.8, 4) is 0 Å². The van der Waals surface area contributed by atoms with E-state index in [9.17, 15) is 9.59 Å². The van der Waals surface area contributed by atoms with Gasteiger partial charge < -0.3 is 15.5 Å². The number of amides is 2. The summed E-state index contributed by atoms with van der Waals surface area (Å²) < 4.78 is 0. The summed E-state index contributed by atoms with van der Waals surface area (Å²) in [6, 6.07) is 8.62. The van der Waals surface area contributed by atoms with E-state index in [0.717, 1.165) is 50.2 Å². The SMILES string of the molecule is Cc1nc(N2CCCC3C2CCCN3C(=O)c2ccc(C3CC3)cc2)cnc1C(N)=O. The highest BCUT2D eigenvalue weighted by Crippen LogP contribution is 2.40. The largest absolute Gasteiger partial charge is 0.364 e. The normalized spacial score (nSPS) is 23.4. The molecule has 0 spiro atoms. The molecule has 2 amide bonds. The molecule has 0 bridgehead atoms. The van der Waals surface area contributed by atoms with E-state index in [2.05, 4.69) is 31.9 Å². The maximum Gasteiger partial charge on any atom is 0.269 e. The summed E-state index contributed by atoms with van der Waals surface area (Å²) in [5.74, 6) is 1.03. The van der Waals surface area contributed by atoms with Gasteiger partial charge in [0.15, 0.2) is 0 Å². The van der Waals surface area contributed by atoms with Gasteiger partial charge in [-0.1, -0.05) is 12.1 Å². The van der Waals surface area contributed by atoms with Gasteiger partial charge in [0.2, 0.25) is 0 Å². The summed E-state index contributed by atoms with van der Waals surface area (Å²) in [5, 5.41) is 0. The third-order valence-corrected chi connectivity index (χ3v) is 6.97. The first-order valence-corrected chi connectivity index (χ1v) is 11.3. The molecule has 7 heteroatoms. The van der Waals surface area contributed by atoms with Crippen molar-refractivity contribution in [3.05, 3.63) is 53.0 Å². The predicted octanol–water partition coefficient (Wildman–Crippen LogP) is 3.03. The molecule has 2 atom stereocenters. The van der Waals surface area contributed by atoms with E-state index in [0.29, 0.717) is 11.6 Å². The van der Waals surface area contributed by atoms with Gasteiger partial charge in [-0.3, -0.25) is 9.59 Å². The summed E-state index contributed by atoms with van der Waals surface area (Å²) in [6.45, 7) is 3.44. The van der Waals surface area contributed by atoms with Crippen LogP contribution in [0, 0.1) is 6.92 Å². The second kappa shape index (κ2) is 7.94. The fourth-order valence-electron chi connectivity index (χ4n) is 5.25. The summed E-state index contributed by atoms with van der Waals surface area (Å²) in [7, 11) is 0. The van der Waals surface area contributed by atoms with Gasteiger partial charge in [0.25, 0.3) is 11.8 Å². The second-order valence-electron chi connectivity index (χ2n) is 9.03. The lowest BCUT2D eigenvalue weighted by Crippen LogP contribution is -2.60. The van der Waals surface area contributed by atoms with Crippen molar-refractivity contribution in [3.63, 3.8) is 0 Å². The van der Waals surface area contributed by atoms with Crippen molar-refractivity contribution in [2.75, 3.05) is 18.0 Å². The van der Waals surface area contributed by atoms with Crippen molar-refractivity contribution < 1.29 is 9.59 Å². The van der Waals surface area contributed by atoms with Gasteiger partial charge in [-0.2, -0.15) is 0 Å². The standard InChI is InChI=1S/C24H29N5O2/c1-15-22(23(25)30)26-14-21(27-15)28-12-2-5-20-19(28)4-3-13-29(20)24(31)18-10-8-17(9-11-18)16-6-7-16/h8-11,14,16,19-20H,2-7,12-13H2,1H3,(H2,25,30). The maximum absolute atomic E-state index is 13.4. The van der Waals surface area contributed by atoms with Crippen molar-refractivity contribution in [2.24, 2.45) is 5.73 Å². The Morgan fingerprint density at radius 2 is 1.71 bits per heavy atom. The molecule has 31 heavy (non-hydrogen) atoms. The van der Waals surface area contributed by atoms with Crippen LogP contribution in [-0.4, -0.2) is 51.9 Å².